The van der Waals surface area contributed by atoms with Crippen LogP contribution in [0.4, 0.5) is 0 Å². The van der Waals surface area contributed by atoms with Gasteiger partial charge in [0.15, 0.2) is 0 Å². The molecular weight excluding hydrogens is 348 g/mol. The molecule has 0 unspecified atom stereocenters. The molecule has 1 heterocycles. The largest absolute Gasteiger partial charge is 0.478 e. The standard InChI is InChI=1S/C24H22N2O2/c1-15-12-21-23(26-22(25-21)14-17-6-4-3-5-7-17)20(16(15)2)13-18-8-10-19(11-9-18)24(27)28/h3-12H,13-14H2,1-2H3,(H,25,26)(H,27,28). The van der Waals surface area contributed by atoms with Crippen molar-refractivity contribution in [2.75, 3.05) is 0 Å². The molecular formula is C24H22N2O2. The minimum absolute atomic E-state index is 0.305. The maximum Gasteiger partial charge on any atom is 0.335 e. The van der Waals surface area contributed by atoms with Gasteiger partial charge < -0.3 is 10.1 Å². The van der Waals surface area contributed by atoms with Gasteiger partial charge in [0.2, 0.25) is 0 Å². The van der Waals surface area contributed by atoms with Crippen LogP contribution in [-0.2, 0) is 12.8 Å². The van der Waals surface area contributed by atoms with Gasteiger partial charge >= 0.3 is 5.97 Å². The highest BCUT2D eigenvalue weighted by Gasteiger charge is 2.14. The van der Waals surface area contributed by atoms with Crippen LogP contribution in [0.15, 0.2) is 60.7 Å². The number of nitrogens with zero attached hydrogens (tertiary/aromatic N) is 1. The molecule has 0 saturated carbocycles. The molecule has 4 heteroatoms. The first kappa shape index (κ1) is 18.0. The van der Waals surface area contributed by atoms with E-state index in [0.29, 0.717) is 5.56 Å². The van der Waals surface area contributed by atoms with Gasteiger partial charge in [-0.25, -0.2) is 9.78 Å². The molecule has 0 amide bonds. The molecule has 140 valence electrons. The molecule has 4 aromatic rings. The van der Waals surface area contributed by atoms with E-state index < -0.39 is 5.97 Å². The van der Waals surface area contributed by atoms with Gasteiger partial charge in [0.25, 0.3) is 0 Å². The van der Waals surface area contributed by atoms with Crippen LogP contribution in [0.1, 0.15) is 44.0 Å². The van der Waals surface area contributed by atoms with Crippen LogP contribution in [0.2, 0.25) is 0 Å². The second kappa shape index (κ2) is 7.31. The molecule has 2 N–H and O–H groups in total. The molecule has 0 saturated heterocycles. The van der Waals surface area contributed by atoms with E-state index in [1.54, 1.807) is 12.1 Å². The Labute approximate surface area is 163 Å². The SMILES string of the molecule is Cc1cc2[nH]c(Cc3ccccc3)nc2c(Cc2ccc(C(=O)O)cc2)c1C. The zero-order chi connectivity index (χ0) is 19.7. The second-order valence-electron chi connectivity index (χ2n) is 7.22. The summed E-state index contributed by atoms with van der Waals surface area (Å²) in [5.41, 5.74) is 8.29. The lowest BCUT2D eigenvalue weighted by atomic mass is 9.95. The summed E-state index contributed by atoms with van der Waals surface area (Å²) in [5, 5.41) is 9.10. The minimum atomic E-state index is -0.904. The summed E-state index contributed by atoms with van der Waals surface area (Å²) in [4.78, 5) is 19.5. The van der Waals surface area contributed by atoms with Gasteiger partial charge in [-0.3, -0.25) is 0 Å². The molecule has 0 fully saturated rings. The van der Waals surface area contributed by atoms with E-state index in [1.165, 1.54) is 22.3 Å². The predicted octanol–water partition coefficient (Wildman–Crippen LogP) is 5.06. The highest BCUT2D eigenvalue weighted by Crippen LogP contribution is 2.27. The summed E-state index contributed by atoms with van der Waals surface area (Å²) in [5.74, 6) is 0.0483. The Balaban J connectivity index is 1.72. The molecule has 1 aromatic heterocycles. The lowest BCUT2D eigenvalue weighted by Gasteiger charge is -2.10. The molecule has 0 radical (unpaired) electrons. The average Bonchev–Trinajstić information content (AvgIpc) is 3.08. The summed E-state index contributed by atoms with van der Waals surface area (Å²) in [6, 6.07) is 19.5. The Morgan fingerprint density at radius 3 is 2.32 bits per heavy atom. The van der Waals surface area contributed by atoms with Crippen LogP contribution in [0, 0.1) is 13.8 Å². The zero-order valence-corrected chi connectivity index (χ0v) is 16.0. The Bertz CT molecular complexity index is 1140. The highest BCUT2D eigenvalue weighted by molar-refractivity contribution is 5.87. The maximum atomic E-state index is 11.1. The van der Waals surface area contributed by atoms with Crippen LogP contribution in [0.5, 0.6) is 0 Å². The molecule has 0 aliphatic rings. The van der Waals surface area contributed by atoms with Crippen molar-refractivity contribution in [1.29, 1.82) is 0 Å². The fourth-order valence-electron chi connectivity index (χ4n) is 3.57. The molecule has 4 rings (SSSR count). The van der Waals surface area contributed by atoms with E-state index in [2.05, 4.69) is 37.0 Å². The lowest BCUT2D eigenvalue weighted by molar-refractivity contribution is 0.0697. The number of H-pyrrole nitrogens is 1. The number of hydrogen-bond donors (Lipinski definition) is 2. The Morgan fingerprint density at radius 1 is 0.964 bits per heavy atom. The van der Waals surface area contributed by atoms with E-state index in [-0.39, 0.29) is 0 Å². The van der Waals surface area contributed by atoms with E-state index in [0.717, 1.165) is 35.3 Å². The van der Waals surface area contributed by atoms with Gasteiger partial charge in [0, 0.05) is 6.42 Å². The summed E-state index contributed by atoms with van der Waals surface area (Å²) < 4.78 is 0. The van der Waals surface area contributed by atoms with Gasteiger partial charge in [-0.1, -0.05) is 42.5 Å². The number of aromatic nitrogens is 2. The predicted molar refractivity (Wildman–Crippen MR) is 111 cm³/mol. The topological polar surface area (TPSA) is 66.0 Å². The Hall–Kier alpha value is -3.40. The van der Waals surface area contributed by atoms with E-state index >= 15 is 0 Å². The number of nitrogens with one attached hydrogen (secondary N) is 1. The lowest BCUT2D eigenvalue weighted by Crippen LogP contribution is -1.99. The smallest absolute Gasteiger partial charge is 0.335 e. The van der Waals surface area contributed by atoms with E-state index in [1.807, 2.05) is 30.3 Å². The molecule has 0 aliphatic heterocycles. The molecule has 4 nitrogen and oxygen atoms in total. The number of carboxylic acids is 1. The van der Waals surface area contributed by atoms with Crippen molar-refractivity contribution in [2.45, 2.75) is 26.7 Å². The normalized spacial score (nSPS) is 11.1. The third kappa shape index (κ3) is 3.54. The van der Waals surface area contributed by atoms with Crippen molar-refractivity contribution < 1.29 is 9.90 Å². The summed E-state index contributed by atoms with van der Waals surface area (Å²) in [6.07, 6.45) is 1.49. The summed E-state index contributed by atoms with van der Waals surface area (Å²) >= 11 is 0. The van der Waals surface area contributed by atoms with Gasteiger partial charge in [0.05, 0.1) is 16.6 Å². The van der Waals surface area contributed by atoms with Crippen LogP contribution in [-0.4, -0.2) is 21.0 Å². The number of aromatic carboxylic acids is 1. The number of imidazole rings is 1. The number of aromatic amines is 1. The number of benzene rings is 3. The maximum absolute atomic E-state index is 11.1. The summed E-state index contributed by atoms with van der Waals surface area (Å²) in [7, 11) is 0. The van der Waals surface area contributed by atoms with Crippen molar-refractivity contribution in [3.05, 3.63) is 99.9 Å². The first-order valence-electron chi connectivity index (χ1n) is 9.35. The van der Waals surface area contributed by atoms with Crippen LogP contribution < -0.4 is 0 Å². The molecule has 0 spiro atoms. The number of fused-ring (bicyclic) bond motifs is 1. The summed E-state index contributed by atoms with van der Waals surface area (Å²) in [6.45, 7) is 4.24. The molecule has 0 bridgehead atoms. The van der Waals surface area contributed by atoms with E-state index in [9.17, 15) is 4.79 Å². The number of carboxylic acid groups (broad SMARTS) is 1. The molecule has 28 heavy (non-hydrogen) atoms. The Morgan fingerprint density at radius 2 is 1.64 bits per heavy atom. The van der Waals surface area contributed by atoms with Gasteiger partial charge in [-0.2, -0.15) is 0 Å². The number of carbonyl (C=O) groups is 1. The van der Waals surface area contributed by atoms with Crippen LogP contribution >= 0.6 is 0 Å². The fourth-order valence-corrected chi connectivity index (χ4v) is 3.57. The van der Waals surface area contributed by atoms with Gasteiger partial charge in [0.1, 0.15) is 5.82 Å². The van der Waals surface area contributed by atoms with Gasteiger partial charge in [-0.15, -0.1) is 0 Å². The van der Waals surface area contributed by atoms with E-state index in [4.69, 9.17) is 10.1 Å². The minimum Gasteiger partial charge on any atom is -0.478 e. The molecule has 0 aliphatic carbocycles. The van der Waals surface area contributed by atoms with Crippen molar-refractivity contribution in [2.24, 2.45) is 0 Å². The van der Waals surface area contributed by atoms with Crippen molar-refractivity contribution in [3.8, 4) is 0 Å². The first-order chi connectivity index (χ1) is 13.5. The molecule has 0 atom stereocenters. The van der Waals surface area contributed by atoms with Crippen molar-refractivity contribution in [1.82, 2.24) is 9.97 Å². The third-order valence-corrected chi connectivity index (χ3v) is 5.27. The number of hydrogen-bond acceptors (Lipinski definition) is 2. The average molecular weight is 370 g/mol. The number of rotatable bonds is 5. The fraction of sp³-hybridized carbons (Fsp3) is 0.167. The number of aryl methyl sites for hydroxylation is 1. The Kier molecular flexibility index (Phi) is 4.70. The zero-order valence-electron chi connectivity index (χ0n) is 16.0. The van der Waals surface area contributed by atoms with Gasteiger partial charge in [-0.05, 0) is 66.3 Å². The second-order valence-corrected chi connectivity index (χ2v) is 7.22. The quantitative estimate of drug-likeness (QED) is 0.516. The highest BCUT2D eigenvalue weighted by atomic mass is 16.4. The van der Waals surface area contributed by atoms with Crippen LogP contribution in [0.3, 0.4) is 0 Å². The third-order valence-electron chi connectivity index (χ3n) is 5.27. The van der Waals surface area contributed by atoms with Crippen molar-refractivity contribution in [3.63, 3.8) is 0 Å². The molecule has 3 aromatic carbocycles. The first-order valence-corrected chi connectivity index (χ1v) is 9.35. The van der Waals surface area contributed by atoms with Crippen molar-refractivity contribution >= 4 is 17.0 Å². The monoisotopic (exact) mass is 370 g/mol. The van der Waals surface area contributed by atoms with Crippen LogP contribution in [0.25, 0.3) is 11.0 Å².